The molecule has 1 aromatic heterocycles. The number of aromatic amines is 1. The number of aromatic nitrogens is 2. The number of hydrogen-bond donors (Lipinski definition) is 2. The Morgan fingerprint density at radius 3 is 2.53 bits per heavy atom. The van der Waals surface area contributed by atoms with Crippen LogP contribution in [-0.2, 0) is 4.79 Å². The van der Waals surface area contributed by atoms with E-state index in [9.17, 15) is 4.79 Å². The van der Waals surface area contributed by atoms with Crippen molar-refractivity contribution in [1.82, 2.24) is 15.5 Å². The maximum absolute atomic E-state index is 12.1. The van der Waals surface area contributed by atoms with Crippen molar-refractivity contribution >= 4 is 5.91 Å². The monoisotopic (exact) mass is 237 g/mol. The van der Waals surface area contributed by atoms with E-state index in [2.05, 4.69) is 29.4 Å². The fourth-order valence-electron chi connectivity index (χ4n) is 2.02. The van der Waals surface area contributed by atoms with Crippen LogP contribution in [0.3, 0.4) is 0 Å². The average molecular weight is 237 g/mol. The summed E-state index contributed by atoms with van der Waals surface area (Å²) in [6.45, 7) is 6.22. The second-order valence-electron chi connectivity index (χ2n) is 4.54. The van der Waals surface area contributed by atoms with E-state index in [1.807, 2.05) is 13.1 Å². The predicted molar refractivity (Wildman–Crippen MR) is 68.5 cm³/mol. The molecule has 2 N–H and O–H groups in total. The van der Waals surface area contributed by atoms with Gasteiger partial charge in [0.15, 0.2) is 0 Å². The van der Waals surface area contributed by atoms with Gasteiger partial charge in [0.2, 0.25) is 5.91 Å². The summed E-state index contributed by atoms with van der Waals surface area (Å²) in [7, 11) is 0. The van der Waals surface area contributed by atoms with Crippen LogP contribution >= 0.6 is 0 Å². The van der Waals surface area contributed by atoms with Gasteiger partial charge in [0.25, 0.3) is 0 Å². The molecule has 0 radical (unpaired) electrons. The molecule has 1 atom stereocenters. The fourth-order valence-corrected chi connectivity index (χ4v) is 2.02. The highest BCUT2D eigenvalue weighted by atomic mass is 16.1. The number of hydrogen-bond acceptors (Lipinski definition) is 2. The van der Waals surface area contributed by atoms with Crippen molar-refractivity contribution in [3.05, 3.63) is 18.0 Å². The summed E-state index contributed by atoms with van der Waals surface area (Å²) >= 11 is 0. The van der Waals surface area contributed by atoms with E-state index in [1.54, 1.807) is 6.20 Å². The predicted octanol–water partition coefficient (Wildman–Crippen LogP) is 2.80. The molecule has 4 heteroatoms. The third-order valence-electron chi connectivity index (χ3n) is 3.02. The van der Waals surface area contributed by atoms with Crippen molar-refractivity contribution in [2.75, 3.05) is 0 Å². The van der Waals surface area contributed by atoms with Gasteiger partial charge in [-0.2, -0.15) is 5.10 Å². The average Bonchev–Trinajstić information content (AvgIpc) is 2.82. The van der Waals surface area contributed by atoms with E-state index < -0.39 is 0 Å². The molecular formula is C13H23N3O. The van der Waals surface area contributed by atoms with Gasteiger partial charge >= 0.3 is 0 Å². The molecule has 0 bridgehead atoms. The Morgan fingerprint density at radius 1 is 1.41 bits per heavy atom. The molecule has 0 spiro atoms. The quantitative estimate of drug-likeness (QED) is 0.766. The summed E-state index contributed by atoms with van der Waals surface area (Å²) in [6.07, 6.45) is 7.62. The van der Waals surface area contributed by atoms with Crippen LogP contribution in [0.1, 0.15) is 58.1 Å². The Labute approximate surface area is 103 Å². The lowest BCUT2D eigenvalue weighted by Crippen LogP contribution is -2.32. The smallest absolute Gasteiger partial charge is 0.223 e. The van der Waals surface area contributed by atoms with Crippen LogP contribution in [-0.4, -0.2) is 16.1 Å². The summed E-state index contributed by atoms with van der Waals surface area (Å²) in [5.41, 5.74) is 1.02. The highest BCUT2D eigenvalue weighted by Crippen LogP contribution is 2.16. The van der Waals surface area contributed by atoms with Crippen LogP contribution in [0, 0.1) is 5.92 Å². The van der Waals surface area contributed by atoms with Crippen LogP contribution < -0.4 is 5.32 Å². The molecule has 1 rings (SSSR count). The maximum Gasteiger partial charge on any atom is 0.223 e. The van der Waals surface area contributed by atoms with Gasteiger partial charge in [-0.25, -0.2) is 0 Å². The van der Waals surface area contributed by atoms with Gasteiger partial charge in [0, 0.05) is 17.7 Å². The van der Waals surface area contributed by atoms with E-state index in [0.29, 0.717) is 0 Å². The molecule has 0 saturated heterocycles. The van der Waals surface area contributed by atoms with Crippen LogP contribution in [0.2, 0.25) is 0 Å². The summed E-state index contributed by atoms with van der Waals surface area (Å²) in [4.78, 5) is 12.1. The highest BCUT2D eigenvalue weighted by molar-refractivity contribution is 5.79. The molecule has 0 aliphatic carbocycles. The molecule has 0 saturated carbocycles. The lowest BCUT2D eigenvalue weighted by molar-refractivity contribution is -0.126. The van der Waals surface area contributed by atoms with Crippen molar-refractivity contribution in [3.8, 4) is 0 Å². The van der Waals surface area contributed by atoms with E-state index in [4.69, 9.17) is 0 Å². The van der Waals surface area contributed by atoms with Crippen molar-refractivity contribution in [1.29, 1.82) is 0 Å². The zero-order chi connectivity index (χ0) is 12.7. The van der Waals surface area contributed by atoms with E-state index in [-0.39, 0.29) is 17.9 Å². The Hall–Kier alpha value is -1.32. The second kappa shape index (κ2) is 7.09. The lowest BCUT2D eigenvalue weighted by atomic mass is 9.97. The summed E-state index contributed by atoms with van der Waals surface area (Å²) in [5, 5.41) is 9.71. The number of nitrogens with one attached hydrogen (secondary N) is 2. The number of amides is 1. The lowest BCUT2D eigenvalue weighted by Gasteiger charge is -2.18. The SMILES string of the molecule is CCCC(CCC)C(=O)NC(C)c1cn[nH]c1. The van der Waals surface area contributed by atoms with Gasteiger partial charge in [-0.15, -0.1) is 0 Å². The Bertz CT molecular complexity index is 315. The van der Waals surface area contributed by atoms with Gasteiger partial charge in [0.05, 0.1) is 12.2 Å². The molecular weight excluding hydrogens is 214 g/mol. The van der Waals surface area contributed by atoms with E-state index >= 15 is 0 Å². The molecule has 96 valence electrons. The van der Waals surface area contributed by atoms with Gasteiger partial charge in [-0.1, -0.05) is 26.7 Å². The van der Waals surface area contributed by atoms with Crippen LogP contribution in [0.4, 0.5) is 0 Å². The zero-order valence-electron chi connectivity index (χ0n) is 11.0. The normalized spacial score (nSPS) is 12.7. The Kier molecular flexibility index (Phi) is 5.73. The number of rotatable bonds is 7. The summed E-state index contributed by atoms with van der Waals surface area (Å²) in [6, 6.07) is 0.0254. The van der Waals surface area contributed by atoms with Gasteiger partial charge in [-0.3, -0.25) is 9.89 Å². The van der Waals surface area contributed by atoms with Gasteiger partial charge < -0.3 is 5.32 Å². The Morgan fingerprint density at radius 2 is 2.06 bits per heavy atom. The first-order valence-electron chi connectivity index (χ1n) is 6.48. The molecule has 0 aliphatic heterocycles. The fraction of sp³-hybridized carbons (Fsp3) is 0.692. The number of nitrogens with zero attached hydrogens (tertiary/aromatic N) is 1. The minimum absolute atomic E-state index is 0.0254. The highest BCUT2D eigenvalue weighted by Gasteiger charge is 2.19. The third kappa shape index (κ3) is 4.21. The zero-order valence-corrected chi connectivity index (χ0v) is 11.0. The molecule has 1 unspecified atom stereocenters. The summed E-state index contributed by atoms with van der Waals surface area (Å²) in [5.74, 6) is 0.321. The van der Waals surface area contributed by atoms with Crippen molar-refractivity contribution in [3.63, 3.8) is 0 Å². The van der Waals surface area contributed by atoms with Crippen molar-refractivity contribution < 1.29 is 4.79 Å². The van der Waals surface area contributed by atoms with Crippen LogP contribution in [0.5, 0.6) is 0 Å². The first-order chi connectivity index (χ1) is 8.19. The van der Waals surface area contributed by atoms with Crippen LogP contribution in [0.25, 0.3) is 0 Å². The van der Waals surface area contributed by atoms with Crippen LogP contribution in [0.15, 0.2) is 12.4 Å². The number of carbonyl (C=O) groups is 1. The van der Waals surface area contributed by atoms with Gasteiger partial charge in [0.1, 0.15) is 0 Å². The topological polar surface area (TPSA) is 57.8 Å². The molecule has 0 aliphatic rings. The molecule has 17 heavy (non-hydrogen) atoms. The largest absolute Gasteiger partial charge is 0.349 e. The standard InChI is InChI=1S/C13H23N3O/c1-4-6-11(7-5-2)13(17)16-10(3)12-8-14-15-9-12/h8-11H,4-7H2,1-3H3,(H,14,15)(H,16,17). The van der Waals surface area contributed by atoms with Crippen molar-refractivity contribution in [2.45, 2.75) is 52.5 Å². The first-order valence-corrected chi connectivity index (χ1v) is 6.48. The third-order valence-corrected chi connectivity index (χ3v) is 3.02. The van der Waals surface area contributed by atoms with E-state index in [1.165, 1.54) is 0 Å². The Balaban J connectivity index is 2.51. The molecule has 1 aromatic rings. The minimum atomic E-state index is 0.0254. The number of carbonyl (C=O) groups excluding carboxylic acids is 1. The summed E-state index contributed by atoms with van der Waals surface area (Å²) < 4.78 is 0. The number of H-pyrrole nitrogens is 1. The molecule has 0 fully saturated rings. The molecule has 1 heterocycles. The minimum Gasteiger partial charge on any atom is -0.349 e. The van der Waals surface area contributed by atoms with Crippen molar-refractivity contribution in [2.24, 2.45) is 5.92 Å². The molecule has 1 amide bonds. The first kappa shape index (κ1) is 13.7. The molecule has 0 aromatic carbocycles. The van der Waals surface area contributed by atoms with E-state index in [0.717, 1.165) is 31.2 Å². The maximum atomic E-state index is 12.1. The second-order valence-corrected chi connectivity index (χ2v) is 4.54. The molecule has 4 nitrogen and oxygen atoms in total. The van der Waals surface area contributed by atoms with Gasteiger partial charge in [-0.05, 0) is 19.8 Å².